The fraction of sp³-hybridized carbons (Fsp3) is 0.375. The zero-order chi connectivity index (χ0) is 13.9. The van der Waals surface area contributed by atoms with Crippen LogP contribution in [0.15, 0.2) is 42.6 Å². The normalized spacial score (nSPS) is 16.6. The van der Waals surface area contributed by atoms with Crippen molar-refractivity contribution in [2.45, 2.75) is 6.54 Å². The van der Waals surface area contributed by atoms with E-state index in [1.54, 1.807) is 6.07 Å². The van der Waals surface area contributed by atoms with Gasteiger partial charge in [0, 0.05) is 51.7 Å². The molecular formula is C16H20FN3. The van der Waals surface area contributed by atoms with Gasteiger partial charge in [0.1, 0.15) is 5.82 Å². The number of nitrogens with zero attached hydrogens (tertiary/aromatic N) is 3. The van der Waals surface area contributed by atoms with Crippen molar-refractivity contribution in [3.05, 3.63) is 54.1 Å². The van der Waals surface area contributed by atoms with E-state index in [-0.39, 0.29) is 5.82 Å². The van der Waals surface area contributed by atoms with Crippen molar-refractivity contribution >= 4 is 5.69 Å². The SMILES string of the molecule is Cn1cccc1CN1CCN(c2ccccc2F)CC1. The molecule has 2 aromatic rings. The van der Waals surface area contributed by atoms with E-state index in [1.165, 1.54) is 11.8 Å². The quantitative estimate of drug-likeness (QED) is 0.851. The fourth-order valence-corrected chi connectivity index (χ4v) is 2.74. The van der Waals surface area contributed by atoms with Gasteiger partial charge in [-0.15, -0.1) is 0 Å². The van der Waals surface area contributed by atoms with Crippen LogP contribution in [0, 0.1) is 5.82 Å². The van der Waals surface area contributed by atoms with Crippen LogP contribution in [0.1, 0.15) is 5.69 Å². The molecule has 0 spiro atoms. The van der Waals surface area contributed by atoms with Gasteiger partial charge in [-0.3, -0.25) is 4.90 Å². The number of piperazine rings is 1. The molecule has 20 heavy (non-hydrogen) atoms. The predicted octanol–water partition coefficient (Wildman–Crippen LogP) is 2.49. The lowest BCUT2D eigenvalue weighted by atomic mass is 10.2. The predicted molar refractivity (Wildman–Crippen MR) is 79.3 cm³/mol. The molecule has 1 aliphatic rings. The summed E-state index contributed by atoms with van der Waals surface area (Å²) in [7, 11) is 2.07. The Hall–Kier alpha value is -1.81. The Morgan fingerprint density at radius 1 is 1.00 bits per heavy atom. The Bertz CT molecular complexity index is 571. The van der Waals surface area contributed by atoms with E-state index in [9.17, 15) is 4.39 Å². The minimum Gasteiger partial charge on any atom is -0.367 e. The van der Waals surface area contributed by atoms with Gasteiger partial charge in [-0.1, -0.05) is 12.1 Å². The molecule has 0 unspecified atom stereocenters. The van der Waals surface area contributed by atoms with E-state index >= 15 is 0 Å². The molecule has 1 fully saturated rings. The summed E-state index contributed by atoms with van der Waals surface area (Å²) in [5.41, 5.74) is 2.05. The molecule has 1 aromatic heterocycles. The van der Waals surface area contributed by atoms with Crippen LogP contribution >= 0.6 is 0 Å². The molecule has 0 N–H and O–H groups in total. The summed E-state index contributed by atoms with van der Waals surface area (Å²) >= 11 is 0. The number of halogens is 1. The number of rotatable bonds is 3. The van der Waals surface area contributed by atoms with E-state index in [0.29, 0.717) is 0 Å². The maximum absolute atomic E-state index is 13.8. The topological polar surface area (TPSA) is 11.4 Å². The molecule has 0 amide bonds. The number of hydrogen-bond donors (Lipinski definition) is 0. The third-order valence-corrected chi connectivity index (χ3v) is 4.00. The summed E-state index contributed by atoms with van der Waals surface area (Å²) < 4.78 is 15.9. The largest absolute Gasteiger partial charge is 0.367 e. The zero-order valence-corrected chi connectivity index (χ0v) is 11.8. The third kappa shape index (κ3) is 2.70. The summed E-state index contributed by atoms with van der Waals surface area (Å²) in [6, 6.07) is 11.3. The van der Waals surface area contributed by atoms with Crippen LogP contribution in [-0.2, 0) is 13.6 Å². The number of anilines is 1. The molecule has 0 radical (unpaired) electrons. The van der Waals surface area contributed by atoms with Crippen LogP contribution in [-0.4, -0.2) is 35.6 Å². The van der Waals surface area contributed by atoms with E-state index in [4.69, 9.17) is 0 Å². The van der Waals surface area contributed by atoms with Gasteiger partial charge in [0.25, 0.3) is 0 Å². The summed E-state index contributed by atoms with van der Waals surface area (Å²) in [5, 5.41) is 0. The molecule has 0 saturated carbocycles. The summed E-state index contributed by atoms with van der Waals surface area (Å²) in [6.07, 6.45) is 2.07. The first kappa shape index (κ1) is 13.2. The molecule has 3 rings (SSSR count). The second kappa shape index (κ2) is 5.67. The monoisotopic (exact) mass is 273 g/mol. The van der Waals surface area contributed by atoms with Gasteiger partial charge in [0.2, 0.25) is 0 Å². The number of benzene rings is 1. The molecule has 0 bridgehead atoms. The summed E-state index contributed by atoms with van der Waals surface area (Å²) in [5.74, 6) is -0.122. The molecule has 1 aliphatic heterocycles. The third-order valence-electron chi connectivity index (χ3n) is 4.00. The van der Waals surface area contributed by atoms with Gasteiger partial charge in [0.05, 0.1) is 5.69 Å². The molecule has 0 aliphatic carbocycles. The van der Waals surface area contributed by atoms with Crippen LogP contribution in [0.2, 0.25) is 0 Å². The smallest absolute Gasteiger partial charge is 0.146 e. The minimum atomic E-state index is -0.122. The lowest BCUT2D eigenvalue weighted by Crippen LogP contribution is -2.46. The maximum atomic E-state index is 13.8. The van der Waals surface area contributed by atoms with Crippen LogP contribution in [0.3, 0.4) is 0 Å². The summed E-state index contributed by atoms with van der Waals surface area (Å²) in [4.78, 5) is 4.56. The molecule has 2 heterocycles. The number of para-hydroxylation sites is 1. The van der Waals surface area contributed by atoms with Crippen LogP contribution < -0.4 is 4.90 Å². The van der Waals surface area contributed by atoms with Crippen LogP contribution in [0.5, 0.6) is 0 Å². The minimum absolute atomic E-state index is 0.122. The molecule has 1 aromatic carbocycles. The number of hydrogen-bond acceptors (Lipinski definition) is 2. The van der Waals surface area contributed by atoms with Crippen molar-refractivity contribution in [1.82, 2.24) is 9.47 Å². The highest BCUT2D eigenvalue weighted by Crippen LogP contribution is 2.20. The Kier molecular flexibility index (Phi) is 3.74. The van der Waals surface area contributed by atoms with E-state index in [0.717, 1.165) is 38.4 Å². The van der Waals surface area contributed by atoms with Gasteiger partial charge < -0.3 is 9.47 Å². The zero-order valence-electron chi connectivity index (χ0n) is 11.8. The van der Waals surface area contributed by atoms with Gasteiger partial charge in [-0.2, -0.15) is 0 Å². The molecular weight excluding hydrogens is 253 g/mol. The second-order valence-corrected chi connectivity index (χ2v) is 5.33. The fourth-order valence-electron chi connectivity index (χ4n) is 2.74. The van der Waals surface area contributed by atoms with Gasteiger partial charge in [-0.25, -0.2) is 4.39 Å². The Labute approximate surface area is 119 Å². The maximum Gasteiger partial charge on any atom is 0.146 e. The Balaban J connectivity index is 1.60. The van der Waals surface area contributed by atoms with Crippen LogP contribution in [0.4, 0.5) is 10.1 Å². The Morgan fingerprint density at radius 2 is 1.75 bits per heavy atom. The van der Waals surface area contributed by atoms with Crippen molar-refractivity contribution in [1.29, 1.82) is 0 Å². The van der Waals surface area contributed by atoms with Crippen molar-refractivity contribution in [3.63, 3.8) is 0 Å². The van der Waals surface area contributed by atoms with Crippen molar-refractivity contribution < 1.29 is 4.39 Å². The average Bonchev–Trinajstić information content (AvgIpc) is 2.86. The van der Waals surface area contributed by atoms with Gasteiger partial charge in [-0.05, 0) is 24.3 Å². The van der Waals surface area contributed by atoms with Crippen molar-refractivity contribution in [2.24, 2.45) is 7.05 Å². The molecule has 4 heteroatoms. The highest BCUT2D eigenvalue weighted by molar-refractivity contribution is 5.47. The second-order valence-electron chi connectivity index (χ2n) is 5.33. The Morgan fingerprint density at radius 3 is 2.40 bits per heavy atom. The molecule has 0 atom stereocenters. The molecule has 3 nitrogen and oxygen atoms in total. The number of aryl methyl sites for hydroxylation is 1. The average molecular weight is 273 g/mol. The first-order valence-electron chi connectivity index (χ1n) is 7.06. The standard InChI is InChI=1S/C16H20FN3/c1-18-8-4-5-14(18)13-19-9-11-20(12-10-19)16-7-3-2-6-15(16)17/h2-8H,9-13H2,1H3. The van der Waals surface area contributed by atoms with E-state index < -0.39 is 0 Å². The van der Waals surface area contributed by atoms with E-state index in [1.807, 2.05) is 12.1 Å². The number of aromatic nitrogens is 1. The first-order valence-corrected chi connectivity index (χ1v) is 7.06. The molecule has 1 saturated heterocycles. The van der Waals surface area contributed by atoms with Crippen molar-refractivity contribution in [3.8, 4) is 0 Å². The lowest BCUT2D eigenvalue weighted by molar-refractivity contribution is 0.244. The highest BCUT2D eigenvalue weighted by Gasteiger charge is 2.19. The van der Waals surface area contributed by atoms with Crippen LogP contribution in [0.25, 0.3) is 0 Å². The summed E-state index contributed by atoms with van der Waals surface area (Å²) in [6.45, 7) is 4.67. The molecule has 106 valence electrons. The van der Waals surface area contributed by atoms with E-state index in [2.05, 4.69) is 39.7 Å². The van der Waals surface area contributed by atoms with Gasteiger partial charge in [0.15, 0.2) is 0 Å². The lowest BCUT2D eigenvalue weighted by Gasteiger charge is -2.36. The first-order chi connectivity index (χ1) is 9.74. The van der Waals surface area contributed by atoms with Crippen molar-refractivity contribution in [2.75, 3.05) is 31.1 Å². The highest BCUT2D eigenvalue weighted by atomic mass is 19.1. The van der Waals surface area contributed by atoms with Gasteiger partial charge >= 0.3 is 0 Å².